The highest BCUT2D eigenvalue weighted by molar-refractivity contribution is 4.70. The summed E-state index contributed by atoms with van der Waals surface area (Å²) in [5.41, 5.74) is 0. The molecule has 1 fully saturated rings. The van der Waals surface area contributed by atoms with Crippen molar-refractivity contribution in [2.45, 2.75) is 58.5 Å². The lowest BCUT2D eigenvalue weighted by molar-refractivity contribution is -0.336. The van der Waals surface area contributed by atoms with Gasteiger partial charge in [-0.25, -0.2) is 9.78 Å². The van der Waals surface area contributed by atoms with Crippen molar-refractivity contribution in [2.24, 2.45) is 5.92 Å². The standard InChI is InChI=1S/C11H22O2/c1-3-4-9-12-13-11-8-6-5-7-10(11)2/h10-11H,3-9H2,1-2H3. The van der Waals surface area contributed by atoms with Crippen molar-refractivity contribution in [1.82, 2.24) is 0 Å². The van der Waals surface area contributed by atoms with Crippen LogP contribution in [0.5, 0.6) is 0 Å². The van der Waals surface area contributed by atoms with Gasteiger partial charge in [-0.3, -0.25) is 0 Å². The third kappa shape index (κ3) is 4.10. The van der Waals surface area contributed by atoms with E-state index in [1.54, 1.807) is 0 Å². The molecule has 0 bridgehead atoms. The van der Waals surface area contributed by atoms with Crippen molar-refractivity contribution in [3.63, 3.8) is 0 Å². The predicted molar refractivity (Wildman–Crippen MR) is 53.4 cm³/mol. The Hall–Kier alpha value is -0.0800. The largest absolute Gasteiger partial charge is 0.236 e. The zero-order valence-electron chi connectivity index (χ0n) is 8.92. The molecule has 0 spiro atoms. The molecular weight excluding hydrogens is 164 g/mol. The van der Waals surface area contributed by atoms with E-state index in [0.29, 0.717) is 12.0 Å². The van der Waals surface area contributed by atoms with Gasteiger partial charge in [-0.2, -0.15) is 0 Å². The fourth-order valence-corrected chi connectivity index (χ4v) is 1.76. The molecule has 0 saturated heterocycles. The molecule has 0 N–H and O–H groups in total. The average Bonchev–Trinajstić information content (AvgIpc) is 2.15. The van der Waals surface area contributed by atoms with Gasteiger partial charge in [-0.05, 0) is 25.2 Å². The lowest BCUT2D eigenvalue weighted by atomic mass is 9.88. The van der Waals surface area contributed by atoms with Gasteiger partial charge >= 0.3 is 0 Å². The first-order valence-corrected chi connectivity index (χ1v) is 5.63. The van der Waals surface area contributed by atoms with Crippen LogP contribution in [0.25, 0.3) is 0 Å². The molecule has 2 heteroatoms. The lowest BCUT2D eigenvalue weighted by Gasteiger charge is -2.27. The first-order valence-electron chi connectivity index (χ1n) is 5.63. The van der Waals surface area contributed by atoms with E-state index in [0.717, 1.165) is 13.0 Å². The zero-order valence-corrected chi connectivity index (χ0v) is 8.92. The topological polar surface area (TPSA) is 18.5 Å². The van der Waals surface area contributed by atoms with Crippen LogP contribution in [0.4, 0.5) is 0 Å². The van der Waals surface area contributed by atoms with E-state index in [1.165, 1.54) is 32.1 Å². The SMILES string of the molecule is CCCCOOC1CCCCC1C. The van der Waals surface area contributed by atoms with E-state index in [9.17, 15) is 0 Å². The Morgan fingerprint density at radius 3 is 2.69 bits per heavy atom. The van der Waals surface area contributed by atoms with Crippen molar-refractivity contribution in [3.05, 3.63) is 0 Å². The Labute approximate surface area is 81.5 Å². The van der Waals surface area contributed by atoms with Crippen molar-refractivity contribution < 1.29 is 9.78 Å². The quantitative estimate of drug-likeness (QED) is 0.372. The highest BCUT2D eigenvalue weighted by Crippen LogP contribution is 2.26. The third-order valence-electron chi connectivity index (χ3n) is 2.81. The highest BCUT2D eigenvalue weighted by Gasteiger charge is 2.22. The summed E-state index contributed by atoms with van der Waals surface area (Å²) < 4.78 is 0. The van der Waals surface area contributed by atoms with Crippen LogP contribution in [0, 0.1) is 5.92 Å². The van der Waals surface area contributed by atoms with Gasteiger partial charge in [0.25, 0.3) is 0 Å². The van der Waals surface area contributed by atoms with Crippen LogP contribution in [-0.4, -0.2) is 12.7 Å². The zero-order chi connectivity index (χ0) is 9.52. The van der Waals surface area contributed by atoms with Crippen LogP contribution < -0.4 is 0 Å². The van der Waals surface area contributed by atoms with Crippen LogP contribution in [0.1, 0.15) is 52.4 Å². The molecule has 78 valence electrons. The molecule has 13 heavy (non-hydrogen) atoms. The van der Waals surface area contributed by atoms with Crippen LogP contribution in [0.3, 0.4) is 0 Å². The van der Waals surface area contributed by atoms with Crippen molar-refractivity contribution in [2.75, 3.05) is 6.61 Å². The van der Waals surface area contributed by atoms with Crippen LogP contribution in [0.15, 0.2) is 0 Å². The normalized spacial score (nSPS) is 29.1. The summed E-state index contributed by atoms with van der Waals surface area (Å²) in [5.74, 6) is 0.676. The Bertz CT molecular complexity index is 125. The Morgan fingerprint density at radius 2 is 2.00 bits per heavy atom. The average molecular weight is 186 g/mol. The summed E-state index contributed by atoms with van der Waals surface area (Å²) in [5, 5.41) is 0. The smallest absolute Gasteiger partial charge is 0.0955 e. The molecule has 0 radical (unpaired) electrons. The molecule has 1 saturated carbocycles. The minimum Gasteiger partial charge on any atom is -0.236 e. The summed E-state index contributed by atoms with van der Waals surface area (Å²) >= 11 is 0. The second kappa shape index (κ2) is 6.39. The number of hydrogen-bond donors (Lipinski definition) is 0. The minimum absolute atomic E-state index is 0.352. The number of rotatable bonds is 5. The molecule has 0 amide bonds. The van der Waals surface area contributed by atoms with Gasteiger partial charge in [-0.1, -0.05) is 33.1 Å². The highest BCUT2D eigenvalue weighted by atomic mass is 17.2. The van der Waals surface area contributed by atoms with E-state index in [2.05, 4.69) is 13.8 Å². The molecule has 2 atom stereocenters. The first kappa shape index (κ1) is 11.0. The molecule has 1 aliphatic rings. The molecular formula is C11H22O2. The number of hydrogen-bond acceptors (Lipinski definition) is 2. The monoisotopic (exact) mass is 186 g/mol. The van der Waals surface area contributed by atoms with E-state index >= 15 is 0 Å². The van der Waals surface area contributed by atoms with Crippen LogP contribution >= 0.6 is 0 Å². The summed E-state index contributed by atoms with van der Waals surface area (Å²) in [6.07, 6.45) is 7.74. The van der Waals surface area contributed by atoms with Gasteiger partial charge in [0.05, 0.1) is 12.7 Å². The van der Waals surface area contributed by atoms with E-state index in [1.807, 2.05) is 0 Å². The molecule has 0 aromatic carbocycles. The molecule has 2 nitrogen and oxygen atoms in total. The van der Waals surface area contributed by atoms with Gasteiger partial charge in [0.1, 0.15) is 0 Å². The first-order chi connectivity index (χ1) is 6.34. The third-order valence-corrected chi connectivity index (χ3v) is 2.81. The fraction of sp³-hybridized carbons (Fsp3) is 1.00. The van der Waals surface area contributed by atoms with Gasteiger partial charge in [0, 0.05) is 0 Å². The summed E-state index contributed by atoms with van der Waals surface area (Å²) in [6.45, 7) is 5.17. The Balaban J connectivity index is 2.05. The second-order valence-corrected chi connectivity index (χ2v) is 4.07. The summed E-state index contributed by atoms with van der Waals surface area (Å²) in [4.78, 5) is 10.6. The van der Waals surface area contributed by atoms with Crippen molar-refractivity contribution in [1.29, 1.82) is 0 Å². The van der Waals surface area contributed by atoms with Crippen LogP contribution in [0.2, 0.25) is 0 Å². The van der Waals surface area contributed by atoms with E-state index in [4.69, 9.17) is 9.78 Å². The molecule has 0 aromatic heterocycles. The molecule has 0 heterocycles. The van der Waals surface area contributed by atoms with Gasteiger partial charge in [-0.15, -0.1) is 0 Å². The Morgan fingerprint density at radius 1 is 1.23 bits per heavy atom. The molecule has 2 unspecified atom stereocenters. The molecule has 1 rings (SSSR count). The van der Waals surface area contributed by atoms with E-state index in [-0.39, 0.29) is 0 Å². The fourth-order valence-electron chi connectivity index (χ4n) is 1.76. The second-order valence-electron chi connectivity index (χ2n) is 4.07. The predicted octanol–water partition coefficient (Wildman–Crippen LogP) is 3.31. The Kier molecular flexibility index (Phi) is 5.40. The lowest BCUT2D eigenvalue weighted by Crippen LogP contribution is -2.25. The molecule has 1 aliphatic carbocycles. The van der Waals surface area contributed by atoms with E-state index < -0.39 is 0 Å². The van der Waals surface area contributed by atoms with Gasteiger partial charge in [0.2, 0.25) is 0 Å². The number of unbranched alkanes of at least 4 members (excludes halogenated alkanes) is 1. The van der Waals surface area contributed by atoms with Gasteiger partial charge < -0.3 is 0 Å². The summed E-state index contributed by atoms with van der Waals surface area (Å²) in [7, 11) is 0. The molecule has 0 aromatic rings. The summed E-state index contributed by atoms with van der Waals surface area (Å²) in [6, 6.07) is 0. The maximum absolute atomic E-state index is 5.40. The van der Waals surface area contributed by atoms with Crippen molar-refractivity contribution in [3.8, 4) is 0 Å². The van der Waals surface area contributed by atoms with Gasteiger partial charge in [0.15, 0.2) is 0 Å². The minimum atomic E-state index is 0.352. The van der Waals surface area contributed by atoms with Crippen molar-refractivity contribution >= 4 is 0 Å². The molecule has 0 aliphatic heterocycles. The maximum Gasteiger partial charge on any atom is 0.0955 e. The maximum atomic E-state index is 5.40. The van der Waals surface area contributed by atoms with Crippen LogP contribution in [-0.2, 0) is 9.78 Å².